The molecule has 3 heteroatoms. The average Bonchev–Trinajstić information content (AvgIpc) is 2.34. The highest BCUT2D eigenvalue weighted by Gasteiger charge is 2.12. The Labute approximate surface area is 105 Å². The summed E-state index contributed by atoms with van der Waals surface area (Å²) in [7, 11) is 0. The highest BCUT2D eigenvalue weighted by Crippen LogP contribution is 2.29. The van der Waals surface area contributed by atoms with Gasteiger partial charge in [0.1, 0.15) is 11.6 Å². The van der Waals surface area contributed by atoms with Crippen LogP contribution in [0.2, 0.25) is 0 Å². The summed E-state index contributed by atoms with van der Waals surface area (Å²) in [6.45, 7) is 3.87. The van der Waals surface area contributed by atoms with Gasteiger partial charge in [0.05, 0.1) is 0 Å². The van der Waals surface area contributed by atoms with Gasteiger partial charge in [0.15, 0.2) is 0 Å². The van der Waals surface area contributed by atoms with Gasteiger partial charge in [-0.3, -0.25) is 0 Å². The van der Waals surface area contributed by atoms with Crippen LogP contribution in [0.5, 0.6) is 0 Å². The molecular formula is C15H15F2N. The Morgan fingerprint density at radius 1 is 0.944 bits per heavy atom. The van der Waals surface area contributed by atoms with Gasteiger partial charge in [-0.1, -0.05) is 23.8 Å². The summed E-state index contributed by atoms with van der Waals surface area (Å²) >= 11 is 0. The molecule has 2 N–H and O–H groups in total. The standard InChI is InChI=1S/C15H15F2N/c1-9-3-4-11(8-18)12(5-9)13-6-10(2)14(16)7-15(13)17/h3-7H,8,18H2,1-2H3. The summed E-state index contributed by atoms with van der Waals surface area (Å²) in [4.78, 5) is 0. The smallest absolute Gasteiger partial charge is 0.133 e. The summed E-state index contributed by atoms with van der Waals surface area (Å²) in [5.41, 5.74) is 9.09. The number of aryl methyl sites for hydroxylation is 2. The number of hydrogen-bond acceptors (Lipinski definition) is 1. The molecule has 0 saturated carbocycles. The summed E-state index contributed by atoms with van der Waals surface area (Å²) in [6, 6.07) is 8.13. The number of halogens is 2. The van der Waals surface area contributed by atoms with Crippen molar-refractivity contribution < 1.29 is 8.78 Å². The number of benzene rings is 2. The lowest BCUT2D eigenvalue weighted by Gasteiger charge is -2.11. The van der Waals surface area contributed by atoms with E-state index < -0.39 is 11.6 Å². The molecule has 0 unspecified atom stereocenters. The Morgan fingerprint density at radius 3 is 2.33 bits per heavy atom. The Kier molecular flexibility index (Phi) is 3.43. The molecule has 0 aliphatic carbocycles. The van der Waals surface area contributed by atoms with Gasteiger partial charge < -0.3 is 5.73 Å². The van der Waals surface area contributed by atoms with Gasteiger partial charge in [-0.2, -0.15) is 0 Å². The minimum absolute atomic E-state index is 0.325. The molecule has 0 aromatic heterocycles. The molecule has 1 nitrogen and oxygen atoms in total. The van der Waals surface area contributed by atoms with Crippen molar-refractivity contribution in [1.82, 2.24) is 0 Å². The quantitative estimate of drug-likeness (QED) is 0.860. The molecule has 0 bridgehead atoms. The molecule has 0 aliphatic rings. The van der Waals surface area contributed by atoms with Crippen LogP contribution < -0.4 is 5.73 Å². The zero-order valence-electron chi connectivity index (χ0n) is 10.4. The molecule has 2 rings (SSSR count). The van der Waals surface area contributed by atoms with Gasteiger partial charge >= 0.3 is 0 Å². The first-order valence-electron chi connectivity index (χ1n) is 5.78. The fourth-order valence-corrected chi connectivity index (χ4v) is 1.98. The van der Waals surface area contributed by atoms with Crippen molar-refractivity contribution in [3.05, 3.63) is 58.7 Å². The molecule has 0 heterocycles. The van der Waals surface area contributed by atoms with Gasteiger partial charge in [-0.15, -0.1) is 0 Å². The van der Waals surface area contributed by atoms with Crippen molar-refractivity contribution >= 4 is 0 Å². The molecule has 94 valence electrons. The predicted octanol–water partition coefficient (Wildman–Crippen LogP) is 3.71. The van der Waals surface area contributed by atoms with Crippen LogP contribution in [0, 0.1) is 25.5 Å². The van der Waals surface area contributed by atoms with Crippen molar-refractivity contribution in [2.75, 3.05) is 0 Å². The van der Waals surface area contributed by atoms with E-state index in [1.165, 1.54) is 6.07 Å². The first kappa shape index (κ1) is 12.7. The summed E-state index contributed by atoms with van der Waals surface area (Å²) < 4.78 is 27.2. The monoisotopic (exact) mass is 247 g/mol. The van der Waals surface area contributed by atoms with Gasteiger partial charge in [-0.25, -0.2) is 8.78 Å². The fourth-order valence-electron chi connectivity index (χ4n) is 1.98. The SMILES string of the molecule is Cc1ccc(CN)c(-c2cc(C)c(F)cc2F)c1. The molecular weight excluding hydrogens is 232 g/mol. The molecule has 0 atom stereocenters. The second-order valence-corrected chi connectivity index (χ2v) is 4.45. The highest BCUT2D eigenvalue weighted by atomic mass is 19.1. The fraction of sp³-hybridized carbons (Fsp3) is 0.200. The van der Waals surface area contributed by atoms with Crippen LogP contribution in [-0.2, 0) is 6.54 Å². The minimum atomic E-state index is -0.557. The van der Waals surface area contributed by atoms with Gasteiger partial charge in [0, 0.05) is 18.2 Å². The van der Waals surface area contributed by atoms with E-state index in [1.807, 2.05) is 25.1 Å². The molecule has 0 saturated heterocycles. The first-order valence-corrected chi connectivity index (χ1v) is 5.78. The normalized spacial score (nSPS) is 10.7. The van der Waals surface area contributed by atoms with Gasteiger partial charge in [-0.05, 0) is 36.6 Å². The Balaban J connectivity index is 2.68. The molecule has 0 fully saturated rings. The Hall–Kier alpha value is -1.74. The lowest BCUT2D eigenvalue weighted by molar-refractivity contribution is 0.579. The summed E-state index contributed by atoms with van der Waals surface area (Å²) in [6.07, 6.45) is 0. The van der Waals surface area contributed by atoms with E-state index in [4.69, 9.17) is 5.73 Å². The molecule has 18 heavy (non-hydrogen) atoms. The molecule has 0 spiro atoms. The Bertz CT molecular complexity index is 591. The molecule has 2 aromatic rings. The maximum atomic E-state index is 13.9. The second kappa shape index (κ2) is 4.86. The number of nitrogens with two attached hydrogens (primary N) is 1. The second-order valence-electron chi connectivity index (χ2n) is 4.45. The van der Waals surface area contributed by atoms with Crippen LogP contribution in [-0.4, -0.2) is 0 Å². The lowest BCUT2D eigenvalue weighted by Crippen LogP contribution is -2.01. The highest BCUT2D eigenvalue weighted by molar-refractivity contribution is 5.69. The number of hydrogen-bond donors (Lipinski definition) is 1. The van der Waals surface area contributed by atoms with Gasteiger partial charge in [0.25, 0.3) is 0 Å². The molecule has 0 aliphatic heterocycles. The van der Waals surface area contributed by atoms with E-state index in [0.29, 0.717) is 17.7 Å². The van der Waals surface area contributed by atoms with Crippen LogP contribution in [0.4, 0.5) is 8.78 Å². The number of rotatable bonds is 2. The third-order valence-electron chi connectivity index (χ3n) is 3.02. The maximum Gasteiger partial charge on any atom is 0.133 e. The minimum Gasteiger partial charge on any atom is -0.326 e. The van der Waals surface area contributed by atoms with Crippen molar-refractivity contribution in [2.24, 2.45) is 5.73 Å². The van der Waals surface area contributed by atoms with E-state index in [2.05, 4.69) is 0 Å². The topological polar surface area (TPSA) is 26.0 Å². The van der Waals surface area contributed by atoms with E-state index >= 15 is 0 Å². The van der Waals surface area contributed by atoms with Crippen molar-refractivity contribution in [3.8, 4) is 11.1 Å². The summed E-state index contributed by atoms with van der Waals surface area (Å²) in [5, 5.41) is 0. The van der Waals surface area contributed by atoms with Crippen molar-refractivity contribution in [1.29, 1.82) is 0 Å². The zero-order chi connectivity index (χ0) is 13.3. The van der Waals surface area contributed by atoms with Crippen molar-refractivity contribution in [2.45, 2.75) is 20.4 Å². The molecule has 0 amide bonds. The maximum absolute atomic E-state index is 13.9. The lowest BCUT2D eigenvalue weighted by atomic mass is 9.96. The average molecular weight is 247 g/mol. The van der Waals surface area contributed by atoms with Crippen LogP contribution in [0.3, 0.4) is 0 Å². The predicted molar refractivity (Wildman–Crippen MR) is 69.2 cm³/mol. The molecule has 2 aromatic carbocycles. The zero-order valence-corrected chi connectivity index (χ0v) is 10.4. The van der Waals surface area contributed by atoms with Crippen LogP contribution in [0.25, 0.3) is 11.1 Å². The van der Waals surface area contributed by atoms with Crippen LogP contribution in [0.1, 0.15) is 16.7 Å². The van der Waals surface area contributed by atoms with E-state index in [0.717, 1.165) is 22.8 Å². The third-order valence-corrected chi connectivity index (χ3v) is 3.02. The van der Waals surface area contributed by atoms with E-state index in [9.17, 15) is 8.78 Å². The largest absolute Gasteiger partial charge is 0.326 e. The van der Waals surface area contributed by atoms with E-state index in [1.54, 1.807) is 6.92 Å². The van der Waals surface area contributed by atoms with Crippen molar-refractivity contribution in [3.63, 3.8) is 0 Å². The third kappa shape index (κ3) is 2.27. The van der Waals surface area contributed by atoms with E-state index in [-0.39, 0.29) is 0 Å². The van der Waals surface area contributed by atoms with Crippen LogP contribution >= 0.6 is 0 Å². The molecule has 0 radical (unpaired) electrons. The summed E-state index contributed by atoms with van der Waals surface area (Å²) in [5.74, 6) is -1.09. The Morgan fingerprint density at radius 2 is 1.67 bits per heavy atom. The first-order chi connectivity index (χ1) is 8.52. The van der Waals surface area contributed by atoms with Gasteiger partial charge in [0.2, 0.25) is 0 Å². The van der Waals surface area contributed by atoms with Crippen LogP contribution in [0.15, 0.2) is 30.3 Å².